The van der Waals surface area contributed by atoms with Gasteiger partial charge in [-0.15, -0.1) is 6.58 Å². The van der Waals surface area contributed by atoms with Crippen LogP contribution >= 0.6 is 0 Å². The van der Waals surface area contributed by atoms with Gasteiger partial charge in [-0.2, -0.15) is 0 Å². The highest BCUT2D eigenvalue weighted by molar-refractivity contribution is 5.07. The van der Waals surface area contributed by atoms with Crippen LogP contribution in [0.15, 0.2) is 37.0 Å². The van der Waals surface area contributed by atoms with Gasteiger partial charge in [-0.3, -0.25) is 0 Å². The van der Waals surface area contributed by atoms with E-state index in [4.69, 9.17) is 9.47 Å². The van der Waals surface area contributed by atoms with E-state index in [1.54, 1.807) is 6.08 Å². The highest BCUT2D eigenvalue weighted by Crippen LogP contribution is 2.17. The first-order valence-corrected chi connectivity index (χ1v) is 4.46. The molecule has 0 saturated carbocycles. The molecule has 0 radical (unpaired) electrons. The van der Waals surface area contributed by atoms with Crippen LogP contribution < -0.4 is 0 Å². The van der Waals surface area contributed by atoms with E-state index in [2.05, 4.69) is 13.2 Å². The molecule has 0 aromatic heterocycles. The number of ether oxygens (including phenoxy) is 2. The van der Waals surface area contributed by atoms with Crippen LogP contribution in [0.5, 0.6) is 0 Å². The number of rotatable bonds is 5. The third kappa shape index (κ3) is 4.06. The summed E-state index contributed by atoms with van der Waals surface area (Å²) >= 11 is 0. The van der Waals surface area contributed by atoms with Gasteiger partial charge in [0.2, 0.25) is 0 Å². The quantitative estimate of drug-likeness (QED) is 0.476. The molecule has 2 nitrogen and oxygen atoms in total. The molecule has 0 aliphatic carbocycles. The molecule has 13 heavy (non-hydrogen) atoms. The zero-order chi connectivity index (χ0) is 9.52. The summed E-state index contributed by atoms with van der Waals surface area (Å²) < 4.78 is 10.6. The monoisotopic (exact) mass is 180 g/mol. The summed E-state index contributed by atoms with van der Waals surface area (Å²) in [5.74, 6) is 0. The van der Waals surface area contributed by atoms with Crippen molar-refractivity contribution in [1.82, 2.24) is 0 Å². The van der Waals surface area contributed by atoms with E-state index in [0.717, 1.165) is 6.42 Å². The summed E-state index contributed by atoms with van der Waals surface area (Å²) in [6.07, 6.45) is 6.90. The summed E-state index contributed by atoms with van der Waals surface area (Å²) in [5.41, 5.74) is 1.17. The Balaban J connectivity index is 2.09. The molecule has 1 fully saturated rings. The lowest BCUT2D eigenvalue weighted by atomic mass is 10.2. The molecular weight excluding hydrogens is 164 g/mol. The van der Waals surface area contributed by atoms with E-state index < -0.39 is 0 Å². The van der Waals surface area contributed by atoms with E-state index >= 15 is 0 Å². The van der Waals surface area contributed by atoms with Crippen molar-refractivity contribution in [2.45, 2.75) is 12.5 Å². The number of hydrogen-bond acceptors (Lipinski definition) is 2. The summed E-state index contributed by atoms with van der Waals surface area (Å²) in [6.45, 7) is 9.34. The Labute approximate surface area is 79.5 Å². The van der Waals surface area contributed by atoms with Crippen LogP contribution in [-0.4, -0.2) is 25.9 Å². The molecule has 1 rings (SSSR count). The predicted molar refractivity (Wildman–Crippen MR) is 53.7 cm³/mol. The van der Waals surface area contributed by atoms with E-state index in [0.29, 0.717) is 19.8 Å². The molecule has 1 aliphatic rings. The topological polar surface area (TPSA) is 18.5 Å². The van der Waals surface area contributed by atoms with Gasteiger partial charge in [-0.25, -0.2) is 0 Å². The van der Waals surface area contributed by atoms with E-state index in [9.17, 15) is 0 Å². The van der Waals surface area contributed by atoms with Crippen molar-refractivity contribution in [3.63, 3.8) is 0 Å². The third-order valence-corrected chi connectivity index (χ3v) is 1.79. The Morgan fingerprint density at radius 2 is 2.38 bits per heavy atom. The molecule has 1 aliphatic heterocycles. The van der Waals surface area contributed by atoms with Gasteiger partial charge in [-0.1, -0.05) is 24.8 Å². The maximum absolute atomic E-state index is 5.41. The second-order valence-electron chi connectivity index (χ2n) is 3.06. The number of hydrogen-bond donors (Lipinski definition) is 0. The van der Waals surface area contributed by atoms with Crippen molar-refractivity contribution in [1.29, 1.82) is 0 Å². The SMILES string of the molecule is C=CCOC/C=C/C1CC(=C)CO1. The largest absolute Gasteiger partial charge is 0.373 e. The van der Waals surface area contributed by atoms with Gasteiger partial charge in [0.15, 0.2) is 0 Å². The third-order valence-electron chi connectivity index (χ3n) is 1.79. The van der Waals surface area contributed by atoms with Crippen molar-refractivity contribution in [2.75, 3.05) is 19.8 Å². The van der Waals surface area contributed by atoms with Crippen molar-refractivity contribution >= 4 is 0 Å². The fraction of sp³-hybridized carbons (Fsp3) is 0.455. The average Bonchev–Trinajstić information content (AvgIpc) is 2.51. The van der Waals surface area contributed by atoms with Gasteiger partial charge in [0.1, 0.15) is 0 Å². The fourth-order valence-electron chi connectivity index (χ4n) is 1.18. The van der Waals surface area contributed by atoms with Crippen molar-refractivity contribution in [3.05, 3.63) is 37.0 Å². The highest BCUT2D eigenvalue weighted by atomic mass is 16.5. The zero-order valence-electron chi connectivity index (χ0n) is 7.87. The molecule has 0 bridgehead atoms. The second kappa shape index (κ2) is 5.73. The predicted octanol–water partition coefficient (Wildman–Crippen LogP) is 2.09. The molecule has 0 N–H and O–H groups in total. The Kier molecular flexibility index (Phi) is 4.50. The highest BCUT2D eigenvalue weighted by Gasteiger charge is 2.14. The van der Waals surface area contributed by atoms with Crippen molar-refractivity contribution in [3.8, 4) is 0 Å². The minimum atomic E-state index is 0.208. The summed E-state index contributed by atoms with van der Waals surface area (Å²) in [7, 11) is 0. The molecule has 0 spiro atoms. The van der Waals surface area contributed by atoms with Crippen LogP contribution in [0.25, 0.3) is 0 Å². The zero-order valence-corrected chi connectivity index (χ0v) is 7.87. The fourth-order valence-corrected chi connectivity index (χ4v) is 1.18. The molecule has 0 amide bonds. The molecule has 0 aromatic rings. The Hall–Kier alpha value is -0.860. The van der Waals surface area contributed by atoms with Gasteiger partial charge in [0, 0.05) is 6.42 Å². The Morgan fingerprint density at radius 1 is 1.54 bits per heavy atom. The maximum Gasteiger partial charge on any atom is 0.0798 e. The summed E-state index contributed by atoms with van der Waals surface area (Å²) in [5, 5.41) is 0. The van der Waals surface area contributed by atoms with Gasteiger partial charge in [0.25, 0.3) is 0 Å². The van der Waals surface area contributed by atoms with Crippen LogP contribution in [0.2, 0.25) is 0 Å². The van der Waals surface area contributed by atoms with E-state index in [1.165, 1.54) is 5.57 Å². The van der Waals surface area contributed by atoms with Gasteiger partial charge >= 0.3 is 0 Å². The van der Waals surface area contributed by atoms with Crippen molar-refractivity contribution < 1.29 is 9.47 Å². The Bertz CT molecular complexity index is 206. The second-order valence-corrected chi connectivity index (χ2v) is 3.06. The maximum atomic E-state index is 5.41. The van der Waals surface area contributed by atoms with Crippen LogP contribution in [-0.2, 0) is 9.47 Å². The lowest BCUT2D eigenvalue weighted by Gasteiger charge is -2.00. The minimum Gasteiger partial charge on any atom is -0.373 e. The minimum absolute atomic E-state index is 0.208. The molecule has 0 aromatic carbocycles. The Morgan fingerprint density at radius 3 is 3.00 bits per heavy atom. The average molecular weight is 180 g/mol. The van der Waals surface area contributed by atoms with Crippen LogP contribution in [0, 0.1) is 0 Å². The lowest BCUT2D eigenvalue weighted by molar-refractivity contribution is 0.147. The van der Waals surface area contributed by atoms with Gasteiger partial charge < -0.3 is 9.47 Å². The van der Waals surface area contributed by atoms with Crippen molar-refractivity contribution in [2.24, 2.45) is 0 Å². The van der Waals surface area contributed by atoms with Crippen LogP contribution in [0.1, 0.15) is 6.42 Å². The van der Waals surface area contributed by atoms with Gasteiger partial charge in [-0.05, 0) is 5.57 Å². The smallest absolute Gasteiger partial charge is 0.0798 e. The molecular formula is C11H16O2. The normalized spacial score (nSPS) is 22.8. The summed E-state index contributed by atoms with van der Waals surface area (Å²) in [6, 6.07) is 0. The molecule has 1 atom stereocenters. The molecule has 1 heterocycles. The van der Waals surface area contributed by atoms with E-state index in [1.807, 2.05) is 12.2 Å². The summed E-state index contributed by atoms with van der Waals surface area (Å²) in [4.78, 5) is 0. The molecule has 72 valence electrons. The molecule has 2 heteroatoms. The molecule has 1 unspecified atom stereocenters. The first kappa shape index (κ1) is 10.2. The standard InChI is InChI=1S/C11H16O2/c1-3-6-12-7-4-5-11-8-10(2)9-13-11/h3-5,11H,1-2,6-9H2/b5-4+. The lowest BCUT2D eigenvalue weighted by Crippen LogP contribution is -2.00. The van der Waals surface area contributed by atoms with Gasteiger partial charge in [0.05, 0.1) is 25.9 Å². The molecule has 1 saturated heterocycles. The van der Waals surface area contributed by atoms with Crippen LogP contribution in [0.3, 0.4) is 0 Å². The first-order valence-electron chi connectivity index (χ1n) is 4.46. The van der Waals surface area contributed by atoms with E-state index in [-0.39, 0.29) is 6.10 Å². The van der Waals surface area contributed by atoms with Crippen LogP contribution in [0.4, 0.5) is 0 Å². The first-order chi connectivity index (χ1) is 6.33.